The van der Waals surface area contributed by atoms with Gasteiger partial charge in [0.1, 0.15) is 5.82 Å². The van der Waals surface area contributed by atoms with Gasteiger partial charge in [0.15, 0.2) is 0 Å². The summed E-state index contributed by atoms with van der Waals surface area (Å²) >= 11 is 0. The van der Waals surface area contributed by atoms with E-state index in [1.165, 1.54) is 19.1 Å². The molecule has 1 atom stereocenters. The van der Waals surface area contributed by atoms with Gasteiger partial charge in [-0.25, -0.2) is 4.98 Å². The summed E-state index contributed by atoms with van der Waals surface area (Å²) in [5.41, 5.74) is 2.13. The number of aryl methyl sites for hydroxylation is 1. The molecule has 1 aromatic heterocycles. The molecular formula is C23H24F3N5O2. The van der Waals surface area contributed by atoms with Gasteiger partial charge >= 0.3 is 6.18 Å². The Kier molecular flexibility index (Phi) is 6.11. The van der Waals surface area contributed by atoms with Crippen molar-refractivity contribution in [2.75, 3.05) is 31.5 Å². The standard InChI is InChI=1S/C23H24F3N5O2/c1-14-27-19-8-7-18(11-20(19)28-14)29-22(33)13-30-9-10-31(15(2)32)21(12-30)16-3-5-17(6-4-16)23(24,25)26/h3-8,11,21H,9-10,12-13H2,1-2H3,(H,27,28)(H,29,33)/t21-/m0/s1. The molecule has 1 aliphatic rings. The number of imidazole rings is 1. The summed E-state index contributed by atoms with van der Waals surface area (Å²) in [6.45, 7) is 4.61. The summed E-state index contributed by atoms with van der Waals surface area (Å²) < 4.78 is 38.7. The molecule has 4 rings (SSSR count). The molecule has 0 aliphatic carbocycles. The molecule has 2 heterocycles. The highest BCUT2D eigenvalue weighted by Crippen LogP contribution is 2.32. The van der Waals surface area contributed by atoms with E-state index in [0.717, 1.165) is 29.0 Å². The molecule has 7 nitrogen and oxygen atoms in total. The number of hydrogen-bond donors (Lipinski definition) is 2. The largest absolute Gasteiger partial charge is 0.416 e. The van der Waals surface area contributed by atoms with E-state index >= 15 is 0 Å². The number of piperazine rings is 1. The van der Waals surface area contributed by atoms with E-state index < -0.39 is 17.8 Å². The van der Waals surface area contributed by atoms with Crippen molar-refractivity contribution in [2.45, 2.75) is 26.1 Å². The molecule has 174 valence electrons. The number of fused-ring (bicyclic) bond motifs is 1. The lowest BCUT2D eigenvalue weighted by Gasteiger charge is -2.41. The van der Waals surface area contributed by atoms with Gasteiger partial charge in [0.25, 0.3) is 0 Å². The van der Waals surface area contributed by atoms with Crippen LogP contribution in [0.25, 0.3) is 11.0 Å². The third kappa shape index (κ3) is 5.16. The molecule has 1 aliphatic heterocycles. The first kappa shape index (κ1) is 22.8. The first-order chi connectivity index (χ1) is 15.6. The smallest absolute Gasteiger partial charge is 0.342 e. The summed E-state index contributed by atoms with van der Waals surface area (Å²) in [4.78, 5) is 35.8. The van der Waals surface area contributed by atoms with Crippen LogP contribution in [0.4, 0.5) is 18.9 Å². The number of aromatic amines is 1. The predicted octanol–water partition coefficient (Wildman–Crippen LogP) is 3.73. The maximum atomic E-state index is 12.9. The Bertz CT molecular complexity index is 1170. The van der Waals surface area contributed by atoms with Crippen LogP contribution in [0.5, 0.6) is 0 Å². The molecule has 0 radical (unpaired) electrons. The Morgan fingerprint density at radius 3 is 2.55 bits per heavy atom. The summed E-state index contributed by atoms with van der Waals surface area (Å²) in [7, 11) is 0. The fourth-order valence-electron chi connectivity index (χ4n) is 4.16. The third-order valence-corrected chi connectivity index (χ3v) is 5.74. The number of H-pyrrole nitrogens is 1. The maximum Gasteiger partial charge on any atom is 0.416 e. The van der Waals surface area contributed by atoms with Gasteiger partial charge in [0, 0.05) is 32.2 Å². The van der Waals surface area contributed by atoms with Crippen molar-refractivity contribution in [3.05, 3.63) is 59.4 Å². The summed E-state index contributed by atoms with van der Waals surface area (Å²) in [5, 5.41) is 2.87. The lowest BCUT2D eigenvalue weighted by molar-refractivity contribution is -0.138. The van der Waals surface area contributed by atoms with Gasteiger partial charge in [-0.05, 0) is 42.8 Å². The number of benzene rings is 2. The average Bonchev–Trinajstić information content (AvgIpc) is 3.12. The zero-order valence-electron chi connectivity index (χ0n) is 18.2. The van der Waals surface area contributed by atoms with Gasteiger partial charge in [-0.2, -0.15) is 13.2 Å². The van der Waals surface area contributed by atoms with Crippen molar-refractivity contribution in [3.8, 4) is 0 Å². The average molecular weight is 459 g/mol. The van der Waals surface area contributed by atoms with E-state index in [1.807, 2.05) is 24.0 Å². The van der Waals surface area contributed by atoms with Gasteiger partial charge in [-0.1, -0.05) is 12.1 Å². The monoisotopic (exact) mass is 459 g/mol. The normalized spacial score (nSPS) is 17.4. The van der Waals surface area contributed by atoms with Crippen molar-refractivity contribution in [3.63, 3.8) is 0 Å². The van der Waals surface area contributed by atoms with Crippen LogP contribution in [0, 0.1) is 6.92 Å². The second kappa shape index (κ2) is 8.86. The second-order valence-corrected chi connectivity index (χ2v) is 8.19. The minimum Gasteiger partial charge on any atom is -0.342 e. The van der Waals surface area contributed by atoms with E-state index in [0.29, 0.717) is 30.9 Å². The van der Waals surface area contributed by atoms with Crippen molar-refractivity contribution in [2.24, 2.45) is 0 Å². The Labute approximate surface area is 188 Å². The minimum atomic E-state index is -4.42. The van der Waals surface area contributed by atoms with Gasteiger partial charge < -0.3 is 15.2 Å². The van der Waals surface area contributed by atoms with Gasteiger partial charge in [-0.3, -0.25) is 14.5 Å². The highest BCUT2D eigenvalue weighted by atomic mass is 19.4. The van der Waals surface area contributed by atoms with Crippen LogP contribution < -0.4 is 5.32 Å². The van der Waals surface area contributed by atoms with Crippen molar-refractivity contribution < 1.29 is 22.8 Å². The van der Waals surface area contributed by atoms with E-state index in [2.05, 4.69) is 15.3 Å². The fraction of sp³-hybridized carbons (Fsp3) is 0.348. The van der Waals surface area contributed by atoms with Crippen molar-refractivity contribution >= 4 is 28.5 Å². The van der Waals surface area contributed by atoms with Crippen LogP contribution in [0.3, 0.4) is 0 Å². The zero-order chi connectivity index (χ0) is 23.8. The summed E-state index contributed by atoms with van der Waals surface area (Å²) in [6, 6.07) is 9.81. The third-order valence-electron chi connectivity index (χ3n) is 5.74. The zero-order valence-corrected chi connectivity index (χ0v) is 18.2. The number of aromatic nitrogens is 2. The summed E-state index contributed by atoms with van der Waals surface area (Å²) in [6.07, 6.45) is -4.42. The van der Waals surface area contributed by atoms with Gasteiger partial charge in [0.05, 0.1) is 29.2 Å². The molecule has 33 heavy (non-hydrogen) atoms. The number of carbonyl (C=O) groups is 2. The molecule has 2 amide bonds. The number of anilines is 1. The number of amides is 2. The Balaban J connectivity index is 1.44. The van der Waals surface area contributed by atoms with Crippen LogP contribution >= 0.6 is 0 Å². The van der Waals surface area contributed by atoms with E-state index in [1.54, 1.807) is 11.0 Å². The van der Waals surface area contributed by atoms with E-state index in [9.17, 15) is 22.8 Å². The van der Waals surface area contributed by atoms with Crippen LogP contribution in [0.15, 0.2) is 42.5 Å². The predicted molar refractivity (Wildman–Crippen MR) is 117 cm³/mol. The highest BCUT2D eigenvalue weighted by Gasteiger charge is 2.33. The minimum absolute atomic E-state index is 0.100. The van der Waals surface area contributed by atoms with Crippen LogP contribution in [-0.4, -0.2) is 57.8 Å². The Morgan fingerprint density at radius 1 is 1.15 bits per heavy atom. The first-order valence-corrected chi connectivity index (χ1v) is 10.5. The SMILES string of the molecule is CC(=O)N1CCN(CC(=O)Nc2ccc3nc(C)[nH]c3c2)C[C@H]1c1ccc(C(F)(F)F)cc1. The Morgan fingerprint density at radius 2 is 1.88 bits per heavy atom. The topological polar surface area (TPSA) is 81.3 Å². The highest BCUT2D eigenvalue weighted by molar-refractivity contribution is 5.94. The van der Waals surface area contributed by atoms with Crippen LogP contribution in [0.1, 0.15) is 29.9 Å². The number of rotatable bonds is 4. The first-order valence-electron chi connectivity index (χ1n) is 10.5. The Hall–Kier alpha value is -3.40. The molecule has 2 N–H and O–H groups in total. The molecule has 0 bridgehead atoms. The van der Waals surface area contributed by atoms with Crippen molar-refractivity contribution in [1.29, 1.82) is 0 Å². The van der Waals surface area contributed by atoms with Crippen molar-refractivity contribution in [1.82, 2.24) is 19.8 Å². The maximum absolute atomic E-state index is 12.9. The molecule has 0 saturated carbocycles. The summed E-state index contributed by atoms with van der Waals surface area (Å²) in [5.74, 6) is 0.409. The lowest BCUT2D eigenvalue weighted by Crippen LogP contribution is -2.51. The number of halogens is 3. The second-order valence-electron chi connectivity index (χ2n) is 8.19. The molecule has 2 aromatic carbocycles. The van der Waals surface area contributed by atoms with Crippen LogP contribution in [0.2, 0.25) is 0 Å². The number of nitrogens with one attached hydrogen (secondary N) is 2. The molecule has 1 saturated heterocycles. The fourth-order valence-corrected chi connectivity index (χ4v) is 4.16. The number of hydrogen-bond acceptors (Lipinski definition) is 4. The molecule has 3 aromatic rings. The lowest BCUT2D eigenvalue weighted by atomic mass is 10.0. The number of carbonyl (C=O) groups excluding carboxylic acids is 2. The van der Waals surface area contributed by atoms with E-state index in [4.69, 9.17) is 0 Å². The van der Waals surface area contributed by atoms with Crippen LogP contribution in [-0.2, 0) is 15.8 Å². The molecule has 0 unspecified atom stereocenters. The quantitative estimate of drug-likeness (QED) is 0.623. The van der Waals surface area contributed by atoms with E-state index in [-0.39, 0.29) is 18.4 Å². The molecular weight excluding hydrogens is 435 g/mol. The molecule has 10 heteroatoms. The van der Waals surface area contributed by atoms with Gasteiger partial charge in [-0.15, -0.1) is 0 Å². The number of nitrogens with zero attached hydrogens (tertiary/aromatic N) is 3. The number of alkyl halides is 3. The molecule has 0 spiro atoms. The molecule has 1 fully saturated rings. The van der Waals surface area contributed by atoms with Gasteiger partial charge in [0.2, 0.25) is 11.8 Å².